The molecule has 0 rings (SSSR count). The maximum absolute atomic E-state index is 10.8. The maximum Gasteiger partial charge on any atom is 0.320 e. The standard InChI is InChI=1S/C8H8O6S2/c1-3-7-15(9,10)13-5-6-14-16(11,12)8-4-2/h1-2,5-6H,7-8H2. The smallest absolute Gasteiger partial charge is 0.320 e. The van der Waals surface area contributed by atoms with Crippen LogP contribution in [0, 0.1) is 24.7 Å². The minimum Gasteiger partial charge on any atom is -0.386 e. The SMILES string of the molecule is C#CCS(=O)(=O)OC=COS(=O)(=O)CC#C. The second-order valence-corrected chi connectivity index (χ2v) is 5.47. The molecule has 0 aliphatic rings. The number of hydrogen-bond acceptors (Lipinski definition) is 6. The van der Waals surface area contributed by atoms with Crippen LogP contribution in [-0.2, 0) is 28.6 Å². The lowest BCUT2D eigenvalue weighted by molar-refractivity contribution is 0.405. The van der Waals surface area contributed by atoms with Crippen molar-refractivity contribution >= 4 is 20.2 Å². The first-order valence-electron chi connectivity index (χ1n) is 3.67. The molecule has 0 saturated heterocycles. The second kappa shape index (κ2) is 6.05. The molecule has 88 valence electrons. The van der Waals surface area contributed by atoms with E-state index in [1.165, 1.54) is 0 Å². The molecule has 0 radical (unpaired) electrons. The summed E-state index contributed by atoms with van der Waals surface area (Å²) in [5.74, 6) is 2.44. The average molecular weight is 264 g/mol. The first-order chi connectivity index (χ1) is 7.33. The summed E-state index contributed by atoms with van der Waals surface area (Å²) in [6.45, 7) is 0. The van der Waals surface area contributed by atoms with Gasteiger partial charge in [-0.2, -0.15) is 16.8 Å². The topological polar surface area (TPSA) is 86.7 Å². The highest BCUT2D eigenvalue weighted by Crippen LogP contribution is 1.97. The van der Waals surface area contributed by atoms with Gasteiger partial charge in [0.05, 0.1) is 0 Å². The van der Waals surface area contributed by atoms with Crippen LogP contribution < -0.4 is 0 Å². The van der Waals surface area contributed by atoms with Crippen molar-refractivity contribution in [1.29, 1.82) is 0 Å². The lowest BCUT2D eigenvalue weighted by Crippen LogP contribution is -2.07. The molecule has 8 heteroatoms. The molecule has 16 heavy (non-hydrogen) atoms. The Kier molecular flexibility index (Phi) is 5.43. The first kappa shape index (κ1) is 14.4. The van der Waals surface area contributed by atoms with E-state index in [0.717, 1.165) is 0 Å². The quantitative estimate of drug-likeness (QED) is 0.362. The Labute approximate surface area is 94.5 Å². The van der Waals surface area contributed by atoms with E-state index in [1.54, 1.807) is 0 Å². The van der Waals surface area contributed by atoms with Crippen molar-refractivity contribution in [2.75, 3.05) is 11.5 Å². The van der Waals surface area contributed by atoms with Crippen LogP contribution in [0.25, 0.3) is 0 Å². The van der Waals surface area contributed by atoms with Crippen molar-refractivity contribution in [3.63, 3.8) is 0 Å². The first-order valence-corrected chi connectivity index (χ1v) is 6.82. The van der Waals surface area contributed by atoms with Crippen LogP contribution >= 0.6 is 0 Å². The largest absolute Gasteiger partial charge is 0.386 e. The Morgan fingerprint density at radius 2 is 1.19 bits per heavy atom. The number of terminal acetylenes is 2. The van der Waals surface area contributed by atoms with Crippen molar-refractivity contribution < 1.29 is 25.2 Å². The minimum atomic E-state index is -3.90. The van der Waals surface area contributed by atoms with Crippen molar-refractivity contribution in [2.24, 2.45) is 0 Å². The predicted molar refractivity (Wildman–Crippen MR) is 56.5 cm³/mol. The summed E-state index contributed by atoms with van der Waals surface area (Å²) in [5, 5.41) is 0. The van der Waals surface area contributed by atoms with Gasteiger partial charge in [0, 0.05) is 0 Å². The Morgan fingerprint density at radius 1 is 0.875 bits per heavy atom. The fourth-order valence-electron chi connectivity index (χ4n) is 0.487. The molecular weight excluding hydrogens is 256 g/mol. The molecule has 0 spiro atoms. The van der Waals surface area contributed by atoms with Gasteiger partial charge in [0.2, 0.25) is 0 Å². The van der Waals surface area contributed by atoms with Crippen LogP contribution in [0.1, 0.15) is 0 Å². The third-order valence-corrected chi connectivity index (χ3v) is 2.83. The van der Waals surface area contributed by atoms with E-state index in [1.807, 2.05) is 11.8 Å². The monoisotopic (exact) mass is 264 g/mol. The normalized spacial score (nSPS) is 11.6. The van der Waals surface area contributed by atoms with Gasteiger partial charge in [-0.3, -0.25) is 0 Å². The summed E-state index contributed by atoms with van der Waals surface area (Å²) in [6.07, 6.45) is 10.6. The summed E-state index contributed by atoms with van der Waals surface area (Å²) < 4.78 is 51.6. The molecule has 0 aliphatic carbocycles. The molecule has 6 nitrogen and oxygen atoms in total. The van der Waals surface area contributed by atoms with E-state index in [4.69, 9.17) is 12.8 Å². The zero-order chi connectivity index (χ0) is 12.7. The molecule has 0 aromatic rings. The molecule has 0 aromatic carbocycles. The zero-order valence-corrected chi connectivity index (χ0v) is 9.62. The van der Waals surface area contributed by atoms with E-state index < -0.39 is 31.7 Å². The van der Waals surface area contributed by atoms with Crippen LogP contribution in [0.2, 0.25) is 0 Å². The van der Waals surface area contributed by atoms with Crippen LogP contribution in [-0.4, -0.2) is 28.3 Å². The van der Waals surface area contributed by atoms with Gasteiger partial charge in [-0.1, -0.05) is 11.8 Å². The van der Waals surface area contributed by atoms with Crippen LogP contribution in [0.5, 0.6) is 0 Å². The van der Waals surface area contributed by atoms with Gasteiger partial charge in [-0.15, -0.1) is 12.8 Å². The molecule has 0 saturated carbocycles. The van der Waals surface area contributed by atoms with Gasteiger partial charge < -0.3 is 8.37 Å². The fourth-order valence-corrected chi connectivity index (χ4v) is 1.46. The summed E-state index contributed by atoms with van der Waals surface area (Å²) in [6, 6.07) is 0. The Bertz CT molecular complexity index is 476. The van der Waals surface area contributed by atoms with Gasteiger partial charge >= 0.3 is 20.2 Å². The molecule has 0 heterocycles. The maximum atomic E-state index is 10.8. The average Bonchev–Trinajstić information content (AvgIpc) is 2.12. The van der Waals surface area contributed by atoms with Crippen LogP contribution in [0.3, 0.4) is 0 Å². The fraction of sp³-hybridized carbons (Fsp3) is 0.250. The molecular formula is C8H8O6S2. The van der Waals surface area contributed by atoms with E-state index in [2.05, 4.69) is 8.37 Å². The Hall–Kier alpha value is -1.64. The summed E-state index contributed by atoms with van der Waals surface area (Å²) in [4.78, 5) is 0. The summed E-state index contributed by atoms with van der Waals surface area (Å²) in [5.41, 5.74) is 0. The van der Waals surface area contributed by atoms with Gasteiger partial charge in [0.15, 0.2) is 0 Å². The molecule has 0 aliphatic heterocycles. The van der Waals surface area contributed by atoms with E-state index in [0.29, 0.717) is 12.5 Å². The third kappa shape index (κ3) is 6.76. The molecule has 0 fully saturated rings. The van der Waals surface area contributed by atoms with Gasteiger partial charge in [-0.05, 0) is 0 Å². The highest BCUT2D eigenvalue weighted by molar-refractivity contribution is 7.87. The molecule has 0 N–H and O–H groups in total. The van der Waals surface area contributed by atoms with Crippen LogP contribution in [0.15, 0.2) is 12.5 Å². The van der Waals surface area contributed by atoms with Crippen molar-refractivity contribution in [2.45, 2.75) is 0 Å². The molecule has 0 atom stereocenters. The Balaban J connectivity index is 4.27. The third-order valence-electron chi connectivity index (χ3n) is 0.980. The molecule has 0 bridgehead atoms. The van der Waals surface area contributed by atoms with Crippen molar-refractivity contribution in [1.82, 2.24) is 0 Å². The lowest BCUT2D eigenvalue weighted by atomic mass is 10.8. The van der Waals surface area contributed by atoms with Gasteiger partial charge in [-0.25, -0.2) is 0 Å². The zero-order valence-electron chi connectivity index (χ0n) is 7.99. The number of rotatable bonds is 6. The highest BCUT2D eigenvalue weighted by atomic mass is 32.2. The number of hydrogen-bond donors (Lipinski definition) is 0. The van der Waals surface area contributed by atoms with Crippen molar-refractivity contribution in [3.05, 3.63) is 12.5 Å². The van der Waals surface area contributed by atoms with Crippen LogP contribution in [0.4, 0.5) is 0 Å². The second-order valence-electron chi connectivity index (χ2n) is 2.28. The molecule has 0 amide bonds. The summed E-state index contributed by atoms with van der Waals surface area (Å²) >= 11 is 0. The van der Waals surface area contributed by atoms with E-state index in [-0.39, 0.29) is 0 Å². The molecule has 0 aromatic heterocycles. The summed E-state index contributed by atoms with van der Waals surface area (Å²) in [7, 11) is -7.80. The lowest BCUT2D eigenvalue weighted by Gasteiger charge is -1.99. The Morgan fingerprint density at radius 3 is 1.44 bits per heavy atom. The molecule has 0 unspecified atom stereocenters. The van der Waals surface area contributed by atoms with Crippen molar-refractivity contribution in [3.8, 4) is 24.7 Å². The highest BCUT2D eigenvalue weighted by Gasteiger charge is 2.08. The van der Waals surface area contributed by atoms with Gasteiger partial charge in [0.25, 0.3) is 0 Å². The minimum absolute atomic E-state index is 0.542. The van der Waals surface area contributed by atoms with E-state index >= 15 is 0 Å². The predicted octanol–water partition coefficient (Wildman–Crippen LogP) is -0.583. The van der Waals surface area contributed by atoms with E-state index in [9.17, 15) is 16.8 Å². The van der Waals surface area contributed by atoms with Gasteiger partial charge in [0.1, 0.15) is 24.0 Å².